The summed E-state index contributed by atoms with van der Waals surface area (Å²) in [6, 6.07) is 8.40. The van der Waals surface area contributed by atoms with Gasteiger partial charge in [0.05, 0.1) is 18.8 Å². The van der Waals surface area contributed by atoms with Gasteiger partial charge >= 0.3 is 0 Å². The minimum atomic E-state index is -0.412. The minimum absolute atomic E-state index is 0.102. The van der Waals surface area contributed by atoms with Crippen molar-refractivity contribution in [3.63, 3.8) is 0 Å². The van der Waals surface area contributed by atoms with Gasteiger partial charge in [0, 0.05) is 13.2 Å². The van der Waals surface area contributed by atoms with Gasteiger partial charge in [0.1, 0.15) is 0 Å². The zero-order valence-corrected chi connectivity index (χ0v) is 19.1. The number of aromatic nitrogens is 3. The molecule has 0 aliphatic rings. The van der Waals surface area contributed by atoms with Gasteiger partial charge in [0.15, 0.2) is 12.0 Å². The average Bonchev–Trinajstić information content (AvgIpc) is 3.15. The van der Waals surface area contributed by atoms with Crippen molar-refractivity contribution < 1.29 is 14.3 Å². The minimum Gasteiger partial charge on any atom is -0.351 e. The predicted molar refractivity (Wildman–Crippen MR) is 117 cm³/mol. The van der Waals surface area contributed by atoms with Crippen LogP contribution in [0.5, 0.6) is 0 Å². The fourth-order valence-corrected chi connectivity index (χ4v) is 3.35. The molecule has 1 amide bonds. The lowest BCUT2D eigenvalue weighted by Gasteiger charge is -2.23. The van der Waals surface area contributed by atoms with Crippen molar-refractivity contribution in [1.29, 1.82) is 0 Å². The number of carbonyl (C=O) groups is 1. The van der Waals surface area contributed by atoms with Crippen molar-refractivity contribution in [3.8, 4) is 0 Å². The third-order valence-corrected chi connectivity index (χ3v) is 4.75. The Bertz CT molecular complexity index is 765. The van der Waals surface area contributed by atoms with E-state index in [1.54, 1.807) is 10.9 Å². The first-order valence-electron chi connectivity index (χ1n) is 10.9. The predicted octanol–water partition coefficient (Wildman–Crippen LogP) is 4.00. The van der Waals surface area contributed by atoms with E-state index >= 15 is 0 Å². The standard InChI is InChI=1S/C23H36N4O3/c1-7-29-21(30-8-2)15-27-14-20(25-26-27)23(28)24-22(17(5)6)19-11-9-18(10-12-19)13-16(3)4/h9-12,14,16-17,21-22H,7-8,13,15H2,1-6H3,(H,24,28). The highest BCUT2D eigenvalue weighted by atomic mass is 16.7. The maximum atomic E-state index is 12.8. The molecule has 0 saturated heterocycles. The summed E-state index contributed by atoms with van der Waals surface area (Å²) >= 11 is 0. The third kappa shape index (κ3) is 7.22. The van der Waals surface area contributed by atoms with Crippen LogP contribution in [0.15, 0.2) is 30.5 Å². The Morgan fingerprint density at radius 3 is 2.23 bits per heavy atom. The maximum absolute atomic E-state index is 12.8. The van der Waals surface area contributed by atoms with Gasteiger partial charge in [-0.25, -0.2) is 4.68 Å². The number of nitrogens with zero attached hydrogens (tertiary/aromatic N) is 3. The summed E-state index contributed by atoms with van der Waals surface area (Å²) in [4.78, 5) is 12.8. The van der Waals surface area contributed by atoms with Gasteiger partial charge in [-0.2, -0.15) is 0 Å². The van der Waals surface area contributed by atoms with Crippen LogP contribution in [-0.4, -0.2) is 40.4 Å². The summed E-state index contributed by atoms with van der Waals surface area (Å²) in [5.41, 5.74) is 2.68. The zero-order chi connectivity index (χ0) is 22.1. The van der Waals surface area contributed by atoms with Crippen molar-refractivity contribution in [3.05, 3.63) is 47.3 Å². The normalized spacial score (nSPS) is 12.7. The van der Waals surface area contributed by atoms with E-state index in [2.05, 4.69) is 67.6 Å². The molecule has 0 saturated carbocycles. The molecular weight excluding hydrogens is 380 g/mol. The van der Waals surface area contributed by atoms with E-state index in [9.17, 15) is 4.79 Å². The van der Waals surface area contributed by atoms with Crippen molar-refractivity contribution in [1.82, 2.24) is 20.3 Å². The van der Waals surface area contributed by atoms with E-state index in [1.165, 1.54) is 5.56 Å². The Balaban J connectivity index is 2.06. The van der Waals surface area contributed by atoms with Crippen molar-refractivity contribution >= 4 is 5.91 Å². The molecule has 30 heavy (non-hydrogen) atoms. The van der Waals surface area contributed by atoms with Gasteiger partial charge in [0.2, 0.25) is 0 Å². The molecule has 2 rings (SSSR count). The van der Waals surface area contributed by atoms with Gasteiger partial charge in [-0.05, 0) is 43.2 Å². The van der Waals surface area contributed by atoms with Gasteiger partial charge in [-0.15, -0.1) is 5.10 Å². The summed E-state index contributed by atoms with van der Waals surface area (Å²) in [6.45, 7) is 13.9. The molecule has 0 bridgehead atoms. The molecule has 0 fully saturated rings. The van der Waals surface area contributed by atoms with Crippen LogP contribution in [-0.2, 0) is 22.4 Å². The molecule has 0 radical (unpaired) electrons. The lowest BCUT2D eigenvalue weighted by Crippen LogP contribution is -2.32. The van der Waals surface area contributed by atoms with E-state index in [1.807, 2.05) is 13.8 Å². The summed E-state index contributed by atoms with van der Waals surface area (Å²) in [7, 11) is 0. The molecule has 7 nitrogen and oxygen atoms in total. The first kappa shape index (κ1) is 24.0. The molecule has 1 aromatic carbocycles. The first-order chi connectivity index (χ1) is 14.3. The molecule has 0 aliphatic carbocycles. The summed E-state index contributed by atoms with van der Waals surface area (Å²) in [6.07, 6.45) is 2.26. The quantitative estimate of drug-likeness (QED) is 0.529. The van der Waals surface area contributed by atoms with Gasteiger partial charge < -0.3 is 14.8 Å². The highest BCUT2D eigenvalue weighted by Crippen LogP contribution is 2.23. The Morgan fingerprint density at radius 1 is 1.07 bits per heavy atom. The summed E-state index contributed by atoms with van der Waals surface area (Å²) in [5, 5.41) is 11.2. The molecule has 166 valence electrons. The molecular formula is C23H36N4O3. The largest absolute Gasteiger partial charge is 0.351 e. The number of carbonyl (C=O) groups excluding carboxylic acids is 1. The molecule has 2 aromatic rings. The fourth-order valence-electron chi connectivity index (χ4n) is 3.35. The van der Waals surface area contributed by atoms with Crippen LogP contribution >= 0.6 is 0 Å². The smallest absolute Gasteiger partial charge is 0.273 e. The van der Waals surface area contributed by atoms with E-state index in [-0.39, 0.29) is 23.6 Å². The van der Waals surface area contributed by atoms with E-state index in [0.717, 1.165) is 12.0 Å². The van der Waals surface area contributed by atoms with Gasteiger partial charge in [-0.3, -0.25) is 4.79 Å². The van der Waals surface area contributed by atoms with Crippen LogP contribution in [0.4, 0.5) is 0 Å². The van der Waals surface area contributed by atoms with Gasteiger partial charge in [0.25, 0.3) is 5.91 Å². The third-order valence-electron chi connectivity index (χ3n) is 4.75. The number of hydrogen-bond acceptors (Lipinski definition) is 5. The lowest BCUT2D eigenvalue weighted by molar-refractivity contribution is -0.145. The molecule has 1 N–H and O–H groups in total. The van der Waals surface area contributed by atoms with E-state index < -0.39 is 6.29 Å². The summed E-state index contributed by atoms with van der Waals surface area (Å²) < 4.78 is 12.6. The molecule has 1 unspecified atom stereocenters. The molecule has 1 aromatic heterocycles. The summed E-state index contributed by atoms with van der Waals surface area (Å²) in [5.74, 6) is 0.611. The SMILES string of the molecule is CCOC(Cn1cc(C(=O)NC(c2ccc(CC(C)C)cc2)C(C)C)nn1)OCC. The second-order valence-electron chi connectivity index (χ2n) is 8.20. The van der Waals surface area contributed by atoms with Crippen molar-refractivity contribution in [2.75, 3.05) is 13.2 Å². The van der Waals surface area contributed by atoms with Crippen LogP contribution < -0.4 is 5.32 Å². The fraction of sp³-hybridized carbons (Fsp3) is 0.609. The second kappa shape index (κ2) is 11.8. The maximum Gasteiger partial charge on any atom is 0.273 e. The zero-order valence-electron chi connectivity index (χ0n) is 19.1. The van der Waals surface area contributed by atoms with Crippen LogP contribution in [0, 0.1) is 11.8 Å². The molecule has 0 aliphatic heterocycles. The number of benzene rings is 1. The number of ether oxygens (including phenoxy) is 2. The van der Waals surface area contributed by atoms with Crippen LogP contribution in [0.3, 0.4) is 0 Å². The molecule has 1 atom stereocenters. The monoisotopic (exact) mass is 416 g/mol. The van der Waals surface area contributed by atoms with Crippen LogP contribution in [0.2, 0.25) is 0 Å². The average molecular weight is 417 g/mol. The highest BCUT2D eigenvalue weighted by Gasteiger charge is 2.21. The Kier molecular flexibility index (Phi) is 9.46. The Morgan fingerprint density at radius 2 is 1.70 bits per heavy atom. The highest BCUT2D eigenvalue weighted by molar-refractivity contribution is 5.92. The molecule has 0 spiro atoms. The van der Waals surface area contributed by atoms with Gasteiger partial charge in [-0.1, -0.05) is 57.2 Å². The van der Waals surface area contributed by atoms with Crippen molar-refractivity contribution in [2.45, 2.75) is 66.8 Å². The van der Waals surface area contributed by atoms with Crippen LogP contribution in [0.25, 0.3) is 0 Å². The molecule has 7 heteroatoms. The van der Waals surface area contributed by atoms with Crippen molar-refractivity contribution in [2.24, 2.45) is 11.8 Å². The Labute approximate surface area is 180 Å². The first-order valence-corrected chi connectivity index (χ1v) is 10.9. The van der Waals surface area contributed by atoms with E-state index in [4.69, 9.17) is 9.47 Å². The number of rotatable bonds is 12. The number of amides is 1. The lowest BCUT2D eigenvalue weighted by atomic mass is 9.93. The number of nitrogens with one attached hydrogen (secondary N) is 1. The second-order valence-corrected chi connectivity index (χ2v) is 8.20. The number of hydrogen-bond donors (Lipinski definition) is 1. The van der Waals surface area contributed by atoms with E-state index in [0.29, 0.717) is 25.7 Å². The molecule has 1 heterocycles. The topological polar surface area (TPSA) is 78.3 Å². The Hall–Kier alpha value is -2.25. The van der Waals surface area contributed by atoms with Crippen LogP contribution in [0.1, 0.15) is 69.2 Å².